The van der Waals surface area contributed by atoms with Gasteiger partial charge < -0.3 is 5.11 Å². The summed E-state index contributed by atoms with van der Waals surface area (Å²) in [4.78, 5) is 15.3. The average Bonchev–Trinajstić information content (AvgIpc) is 2.94. The van der Waals surface area contributed by atoms with Crippen molar-refractivity contribution in [2.75, 3.05) is 0 Å². The van der Waals surface area contributed by atoms with Crippen molar-refractivity contribution in [2.45, 2.75) is 25.2 Å². The van der Waals surface area contributed by atoms with Crippen LogP contribution in [0.2, 0.25) is 0 Å². The third-order valence-electron chi connectivity index (χ3n) is 3.38. The van der Waals surface area contributed by atoms with Gasteiger partial charge in [-0.3, -0.25) is 9.20 Å². The molecule has 0 aliphatic heterocycles. The first-order valence-electron chi connectivity index (χ1n) is 5.66. The van der Waals surface area contributed by atoms with Crippen LogP contribution in [0.5, 0.6) is 0 Å². The van der Waals surface area contributed by atoms with Crippen molar-refractivity contribution in [3.63, 3.8) is 0 Å². The summed E-state index contributed by atoms with van der Waals surface area (Å²) >= 11 is 0. The summed E-state index contributed by atoms with van der Waals surface area (Å²) in [6, 6.07) is 1.80. The van der Waals surface area contributed by atoms with E-state index in [1.807, 2.05) is 6.20 Å². The van der Waals surface area contributed by atoms with Crippen LogP contribution in [-0.2, 0) is 4.79 Å². The Balaban J connectivity index is 2.06. The molecule has 0 amide bonds. The van der Waals surface area contributed by atoms with Crippen molar-refractivity contribution in [1.82, 2.24) is 19.6 Å². The van der Waals surface area contributed by atoms with Crippen LogP contribution in [0.3, 0.4) is 0 Å². The Morgan fingerprint density at radius 2 is 2.29 bits per heavy atom. The van der Waals surface area contributed by atoms with Gasteiger partial charge in [0.1, 0.15) is 5.82 Å². The molecule has 6 heteroatoms. The molecule has 17 heavy (non-hydrogen) atoms. The summed E-state index contributed by atoms with van der Waals surface area (Å²) in [5, 5.41) is 17.2. The fourth-order valence-electron chi connectivity index (χ4n) is 2.58. The first-order valence-corrected chi connectivity index (χ1v) is 5.66. The van der Waals surface area contributed by atoms with Crippen molar-refractivity contribution in [3.05, 3.63) is 24.3 Å². The van der Waals surface area contributed by atoms with E-state index in [-0.39, 0.29) is 11.8 Å². The van der Waals surface area contributed by atoms with Gasteiger partial charge in [0.05, 0.1) is 5.92 Å². The van der Waals surface area contributed by atoms with Crippen molar-refractivity contribution < 1.29 is 9.90 Å². The second-order valence-electron chi connectivity index (χ2n) is 4.33. The first-order chi connectivity index (χ1) is 8.27. The molecule has 0 spiro atoms. The summed E-state index contributed by atoms with van der Waals surface area (Å²) in [5.41, 5.74) is 0. The van der Waals surface area contributed by atoms with Gasteiger partial charge in [0.2, 0.25) is 0 Å². The topological polar surface area (TPSA) is 80.4 Å². The van der Waals surface area contributed by atoms with Crippen molar-refractivity contribution in [1.29, 1.82) is 0 Å². The third-order valence-corrected chi connectivity index (χ3v) is 3.38. The Morgan fingerprint density at radius 3 is 3.12 bits per heavy atom. The van der Waals surface area contributed by atoms with Crippen molar-refractivity contribution in [2.24, 2.45) is 5.92 Å². The fraction of sp³-hybridized carbons (Fsp3) is 0.455. The zero-order valence-electron chi connectivity index (χ0n) is 9.15. The van der Waals surface area contributed by atoms with Gasteiger partial charge in [-0.05, 0) is 18.9 Å². The second-order valence-corrected chi connectivity index (χ2v) is 4.33. The van der Waals surface area contributed by atoms with Crippen molar-refractivity contribution in [3.8, 4) is 0 Å². The lowest BCUT2D eigenvalue weighted by Crippen LogP contribution is -2.18. The van der Waals surface area contributed by atoms with Crippen LogP contribution in [0.25, 0.3) is 5.78 Å². The minimum absolute atomic E-state index is 0.0494. The number of aliphatic carboxylic acids is 1. The molecular formula is C11H12N4O2. The van der Waals surface area contributed by atoms with Gasteiger partial charge in [-0.2, -0.15) is 0 Å². The van der Waals surface area contributed by atoms with Gasteiger partial charge in [-0.25, -0.2) is 4.98 Å². The van der Waals surface area contributed by atoms with E-state index in [0.717, 1.165) is 25.1 Å². The average molecular weight is 232 g/mol. The Kier molecular flexibility index (Phi) is 2.28. The van der Waals surface area contributed by atoms with E-state index in [1.165, 1.54) is 0 Å². The largest absolute Gasteiger partial charge is 0.481 e. The van der Waals surface area contributed by atoms with Crippen LogP contribution >= 0.6 is 0 Å². The molecule has 2 aromatic rings. The van der Waals surface area contributed by atoms with Gasteiger partial charge in [-0.15, -0.1) is 10.2 Å². The monoisotopic (exact) mass is 232 g/mol. The summed E-state index contributed by atoms with van der Waals surface area (Å²) in [6.45, 7) is 0. The molecule has 2 unspecified atom stereocenters. The molecule has 3 rings (SSSR count). The number of rotatable bonds is 2. The number of nitrogens with zero attached hydrogens (tertiary/aromatic N) is 4. The van der Waals surface area contributed by atoms with Gasteiger partial charge in [0, 0.05) is 18.3 Å². The maximum atomic E-state index is 11.2. The van der Waals surface area contributed by atoms with Crippen LogP contribution in [0.4, 0.5) is 0 Å². The van der Waals surface area contributed by atoms with Gasteiger partial charge in [0.15, 0.2) is 0 Å². The SMILES string of the molecule is O=C(O)C1CCCC1c1nnc2ncccn12. The number of fused-ring (bicyclic) bond motifs is 1. The van der Waals surface area contributed by atoms with E-state index in [9.17, 15) is 9.90 Å². The highest BCUT2D eigenvalue weighted by Crippen LogP contribution is 2.38. The molecule has 1 aliphatic carbocycles. The number of carboxylic acid groups (broad SMARTS) is 1. The van der Waals surface area contributed by atoms with Gasteiger partial charge in [0.25, 0.3) is 5.78 Å². The van der Waals surface area contributed by atoms with E-state index < -0.39 is 5.97 Å². The normalized spacial score (nSPS) is 24.2. The van der Waals surface area contributed by atoms with Gasteiger partial charge in [-0.1, -0.05) is 6.42 Å². The Hall–Kier alpha value is -1.98. The molecule has 2 atom stereocenters. The van der Waals surface area contributed by atoms with E-state index in [1.54, 1.807) is 16.7 Å². The Morgan fingerprint density at radius 1 is 1.41 bits per heavy atom. The highest BCUT2D eigenvalue weighted by molar-refractivity contribution is 5.71. The molecule has 1 N–H and O–H groups in total. The first kappa shape index (κ1) is 10.2. The molecule has 0 saturated heterocycles. The number of carbonyl (C=O) groups is 1. The lowest BCUT2D eigenvalue weighted by Gasteiger charge is -2.13. The smallest absolute Gasteiger partial charge is 0.307 e. The zero-order valence-corrected chi connectivity index (χ0v) is 9.15. The minimum Gasteiger partial charge on any atom is -0.481 e. The summed E-state index contributed by atoms with van der Waals surface area (Å²) in [6.07, 6.45) is 5.98. The predicted molar refractivity (Wildman–Crippen MR) is 58.5 cm³/mol. The molecule has 2 aromatic heterocycles. The Labute approximate surface area is 97.3 Å². The summed E-state index contributed by atoms with van der Waals surface area (Å²) in [7, 11) is 0. The minimum atomic E-state index is -0.742. The number of hydrogen-bond donors (Lipinski definition) is 1. The maximum Gasteiger partial charge on any atom is 0.307 e. The van der Waals surface area contributed by atoms with Crippen LogP contribution in [0, 0.1) is 5.92 Å². The molecule has 0 aromatic carbocycles. The quantitative estimate of drug-likeness (QED) is 0.838. The van der Waals surface area contributed by atoms with Crippen LogP contribution in [0.1, 0.15) is 31.0 Å². The molecule has 6 nitrogen and oxygen atoms in total. The van der Waals surface area contributed by atoms with Gasteiger partial charge >= 0.3 is 5.97 Å². The summed E-state index contributed by atoms with van der Waals surface area (Å²) in [5.74, 6) is 0.110. The molecule has 2 heterocycles. The molecule has 1 saturated carbocycles. The third kappa shape index (κ3) is 1.56. The van der Waals surface area contributed by atoms with Crippen molar-refractivity contribution >= 4 is 11.7 Å². The predicted octanol–water partition coefficient (Wildman–Crippen LogP) is 1.09. The molecule has 0 radical (unpaired) electrons. The zero-order chi connectivity index (χ0) is 11.8. The number of hydrogen-bond acceptors (Lipinski definition) is 4. The van der Waals surface area contributed by atoms with E-state index >= 15 is 0 Å². The highest BCUT2D eigenvalue weighted by atomic mass is 16.4. The lowest BCUT2D eigenvalue weighted by molar-refractivity contribution is -0.142. The molecular weight excluding hydrogens is 220 g/mol. The summed E-state index contributed by atoms with van der Waals surface area (Å²) < 4.78 is 1.78. The molecule has 1 fully saturated rings. The number of aromatic nitrogens is 4. The molecule has 88 valence electrons. The molecule has 1 aliphatic rings. The number of carboxylic acids is 1. The second kappa shape index (κ2) is 3.80. The highest BCUT2D eigenvalue weighted by Gasteiger charge is 2.36. The van der Waals surface area contributed by atoms with E-state index in [0.29, 0.717) is 5.78 Å². The van der Waals surface area contributed by atoms with E-state index in [2.05, 4.69) is 15.2 Å². The lowest BCUT2D eigenvalue weighted by atomic mass is 9.95. The van der Waals surface area contributed by atoms with Crippen LogP contribution in [-0.4, -0.2) is 30.7 Å². The van der Waals surface area contributed by atoms with E-state index in [4.69, 9.17) is 0 Å². The standard InChI is InChI=1S/C11H12N4O2/c16-10(17)8-4-1-3-7(8)9-13-14-11-12-5-2-6-15(9)11/h2,5-8H,1,3-4H2,(H,16,17). The fourth-order valence-corrected chi connectivity index (χ4v) is 2.58. The van der Waals surface area contributed by atoms with Crippen LogP contribution in [0.15, 0.2) is 18.5 Å². The van der Waals surface area contributed by atoms with Crippen LogP contribution < -0.4 is 0 Å². The maximum absolute atomic E-state index is 11.2. The molecule has 0 bridgehead atoms. The Bertz CT molecular complexity index is 565.